The lowest BCUT2D eigenvalue weighted by Gasteiger charge is -1.82. The highest BCUT2D eigenvalue weighted by Crippen LogP contribution is 1.99. The van der Waals surface area contributed by atoms with Crippen LogP contribution in [0.4, 0.5) is 0 Å². The van der Waals surface area contributed by atoms with Crippen molar-refractivity contribution in [2.75, 3.05) is 0 Å². The van der Waals surface area contributed by atoms with Crippen LogP contribution in [-0.4, -0.2) is 24.9 Å². The number of aromatic nitrogens is 5. The maximum Gasteiger partial charge on any atom is 0.180 e. The predicted octanol–water partition coefficient (Wildman–Crippen LogP) is 6.67. The summed E-state index contributed by atoms with van der Waals surface area (Å²) in [5.74, 6) is 0.856. The zero-order valence-corrected chi connectivity index (χ0v) is 20.7. The van der Waals surface area contributed by atoms with E-state index in [1.54, 1.807) is 59.9 Å². The summed E-state index contributed by atoms with van der Waals surface area (Å²) in [5.41, 5.74) is 2.47. The molecule has 0 radical (unpaired) electrons. The topological polar surface area (TPSA) is 77.6 Å². The third-order valence-corrected chi connectivity index (χ3v) is 4.73. The van der Waals surface area contributed by atoms with Gasteiger partial charge in [-0.1, -0.05) is 6.07 Å². The first-order chi connectivity index (χ1) is 15.5. The van der Waals surface area contributed by atoms with Crippen molar-refractivity contribution in [2.24, 2.45) is 0 Å². The fourth-order valence-electron chi connectivity index (χ4n) is 1.74. The van der Waals surface area contributed by atoms with Gasteiger partial charge in [-0.25, -0.2) is 4.98 Å². The molecule has 0 spiro atoms. The summed E-state index contributed by atoms with van der Waals surface area (Å²) in [5, 5.41) is 6.20. The second-order valence-corrected chi connectivity index (χ2v) is 8.47. The highest BCUT2D eigenvalue weighted by molar-refractivity contribution is 7.09. The van der Waals surface area contributed by atoms with E-state index in [4.69, 9.17) is 4.42 Å². The van der Waals surface area contributed by atoms with Gasteiger partial charge in [0, 0.05) is 47.9 Å². The van der Waals surface area contributed by atoms with Gasteiger partial charge in [0.2, 0.25) is 0 Å². The van der Waals surface area contributed by atoms with E-state index >= 15 is 0 Å². The lowest BCUT2D eigenvalue weighted by Crippen LogP contribution is -1.69. The Hall–Kier alpha value is -3.23. The molecule has 0 saturated heterocycles. The first-order valence-electron chi connectivity index (χ1n) is 9.78. The Morgan fingerprint density at radius 1 is 0.625 bits per heavy atom. The largest absolute Gasteiger partial charge is 0.449 e. The van der Waals surface area contributed by atoms with Crippen molar-refractivity contribution in [2.45, 2.75) is 34.6 Å². The standard InChI is InChI=1S/2C6H7N.C4H5NO.2C4H5NS/c1-6-2-4-7-5-3-6;1-6-3-2-4-7-5-6;1-4-2-5-3-6-4;2*1-4-5-2-3-6-4/h2*2-5H,1H3;3*2-3H,1H3. The molecule has 32 heavy (non-hydrogen) atoms. The Kier molecular flexibility index (Phi) is 14.6. The van der Waals surface area contributed by atoms with Gasteiger partial charge in [-0.15, -0.1) is 22.7 Å². The van der Waals surface area contributed by atoms with Gasteiger partial charge in [-0.05, 0) is 63.9 Å². The van der Waals surface area contributed by atoms with Crippen molar-refractivity contribution in [3.05, 3.63) is 112 Å². The maximum atomic E-state index is 4.72. The summed E-state index contributed by atoms with van der Waals surface area (Å²) < 4.78 is 4.72. The van der Waals surface area contributed by atoms with Gasteiger partial charge < -0.3 is 4.42 Å². The molecule has 5 aromatic rings. The minimum atomic E-state index is 0.856. The van der Waals surface area contributed by atoms with E-state index in [2.05, 4.69) is 24.9 Å². The lowest BCUT2D eigenvalue weighted by molar-refractivity contribution is 0.527. The number of aryl methyl sites for hydroxylation is 5. The molecule has 0 amide bonds. The third kappa shape index (κ3) is 15.6. The summed E-state index contributed by atoms with van der Waals surface area (Å²) in [6, 6.07) is 7.89. The Balaban J connectivity index is 0.000000200. The average molecular weight is 468 g/mol. The smallest absolute Gasteiger partial charge is 0.180 e. The van der Waals surface area contributed by atoms with E-state index in [0.717, 1.165) is 15.8 Å². The van der Waals surface area contributed by atoms with Gasteiger partial charge in [-0.3, -0.25) is 19.9 Å². The summed E-state index contributed by atoms with van der Waals surface area (Å²) in [7, 11) is 0. The van der Waals surface area contributed by atoms with Crippen LogP contribution in [0, 0.1) is 34.6 Å². The number of nitrogens with zero attached hydrogens (tertiary/aromatic N) is 5. The van der Waals surface area contributed by atoms with E-state index < -0.39 is 0 Å². The second kappa shape index (κ2) is 17.5. The van der Waals surface area contributed by atoms with E-state index in [1.807, 2.05) is 75.8 Å². The lowest BCUT2D eigenvalue weighted by atomic mass is 10.3. The number of hydrogen-bond acceptors (Lipinski definition) is 8. The molecule has 0 aliphatic heterocycles. The van der Waals surface area contributed by atoms with E-state index in [-0.39, 0.29) is 0 Å². The van der Waals surface area contributed by atoms with Gasteiger partial charge in [0.25, 0.3) is 0 Å². The van der Waals surface area contributed by atoms with Gasteiger partial charge in [-0.2, -0.15) is 0 Å². The summed E-state index contributed by atoms with van der Waals surface area (Å²) >= 11 is 3.33. The molecule has 0 atom stereocenters. The predicted molar refractivity (Wildman–Crippen MR) is 133 cm³/mol. The van der Waals surface area contributed by atoms with Crippen molar-refractivity contribution >= 4 is 22.7 Å². The van der Waals surface area contributed by atoms with Crippen LogP contribution in [0.3, 0.4) is 0 Å². The number of pyridine rings is 2. The van der Waals surface area contributed by atoms with Crippen LogP contribution in [0.25, 0.3) is 0 Å². The number of rotatable bonds is 0. The first-order valence-corrected chi connectivity index (χ1v) is 11.5. The molecule has 0 N–H and O–H groups in total. The molecule has 8 heteroatoms. The van der Waals surface area contributed by atoms with Gasteiger partial charge >= 0.3 is 0 Å². The monoisotopic (exact) mass is 467 g/mol. The highest BCUT2D eigenvalue weighted by atomic mass is 32.1. The molecule has 0 aliphatic carbocycles. The molecule has 5 rings (SSSR count). The van der Waals surface area contributed by atoms with Crippen LogP contribution in [0.2, 0.25) is 0 Å². The molecule has 5 heterocycles. The number of hydrogen-bond donors (Lipinski definition) is 0. The minimum absolute atomic E-state index is 0.856. The Labute approximate surface area is 198 Å². The van der Waals surface area contributed by atoms with Crippen LogP contribution < -0.4 is 0 Å². The molecule has 0 saturated carbocycles. The maximum absolute atomic E-state index is 4.72. The molecule has 6 nitrogen and oxygen atoms in total. The fraction of sp³-hybridized carbons (Fsp3) is 0.208. The zero-order valence-electron chi connectivity index (χ0n) is 19.0. The number of thiazole rings is 2. The number of oxazole rings is 1. The highest BCUT2D eigenvalue weighted by Gasteiger charge is 1.78. The van der Waals surface area contributed by atoms with E-state index in [9.17, 15) is 0 Å². The van der Waals surface area contributed by atoms with Crippen LogP contribution in [-0.2, 0) is 0 Å². The van der Waals surface area contributed by atoms with Crippen LogP contribution in [0.1, 0.15) is 26.9 Å². The third-order valence-electron chi connectivity index (χ3n) is 3.32. The molecule has 0 bridgehead atoms. The average Bonchev–Trinajstić information content (AvgIpc) is 3.57. The SMILES string of the molecule is Cc1cccnc1.Cc1ccncc1.Cc1cnco1.Cc1nccs1.Cc1nccs1. The van der Waals surface area contributed by atoms with E-state index in [0.29, 0.717) is 0 Å². The zero-order chi connectivity index (χ0) is 23.4. The molecule has 0 aromatic carbocycles. The van der Waals surface area contributed by atoms with Crippen molar-refractivity contribution in [1.82, 2.24) is 24.9 Å². The quantitative estimate of drug-likeness (QED) is 0.253. The van der Waals surface area contributed by atoms with Gasteiger partial charge in [0.05, 0.1) is 16.2 Å². The Bertz CT molecular complexity index is 891. The summed E-state index contributed by atoms with van der Waals surface area (Å²) in [6.07, 6.45) is 13.9. The molecule has 0 fully saturated rings. The minimum Gasteiger partial charge on any atom is -0.449 e. The molecule has 0 aliphatic rings. The molecule has 5 aromatic heterocycles. The Morgan fingerprint density at radius 3 is 1.44 bits per heavy atom. The molecular weight excluding hydrogens is 438 g/mol. The first kappa shape index (κ1) is 26.8. The normalized spacial score (nSPS) is 8.78. The van der Waals surface area contributed by atoms with Crippen LogP contribution in [0.5, 0.6) is 0 Å². The van der Waals surface area contributed by atoms with Crippen molar-refractivity contribution in [1.29, 1.82) is 0 Å². The van der Waals surface area contributed by atoms with Gasteiger partial charge in [0.15, 0.2) is 6.39 Å². The summed E-state index contributed by atoms with van der Waals surface area (Å²) in [6.45, 7) is 9.90. The Morgan fingerprint density at radius 2 is 1.25 bits per heavy atom. The fourth-order valence-corrected chi connectivity index (χ4v) is 2.62. The molecular formula is C24H29N5OS2. The van der Waals surface area contributed by atoms with Crippen LogP contribution in [0.15, 0.2) is 89.2 Å². The van der Waals surface area contributed by atoms with Crippen molar-refractivity contribution in [3.63, 3.8) is 0 Å². The van der Waals surface area contributed by atoms with Crippen molar-refractivity contribution in [3.8, 4) is 0 Å². The van der Waals surface area contributed by atoms with Crippen LogP contribution >= 0.6 is 22.7 Å². The molecule has 0 unspecified atom stereocenters. The summed E-state index contributed by atoms with van der Waals surface area (Å²) in [4.78, 5) is 19.3. The molecule has 168 valence electrons. The van der Waals surface area contributed by atoms with E-state index in [1.165, 1.54) is 17.5 Å². The van der Waals surface area contributed by atoms with Gasteiger partial charge in [0.1, 0.15) is 5.76 Å². The van der Waals surface area contributed by atoms with Crippen molar-refractivity contribution < 1.29 is 4.42 Å². The second-order valence-electron chi connectivity index (χ2n) is 6.27.